The van der Waals surface area contributed by atoms with Crippen LogP contribution in [-0.4, -0.2) is 29.3 Å². The van der Waals surface area contributed by atoms with Crippen molar-refractivity contribution in [3.05, 3.63) is 35.4 Å². The number of guanidine groups is 2. The van der Waals surface area contributed by atoms with Crippen molar-refractivity contribution >= 4 is 11.9 Å². The number of hydrogen-bond donors (Lipinski definition) is 2. The maximum absolute atomic E-state index is 6.02. The Morgan fingerprint density at radius 1 is 1.20 bits per heavy atom. The number of hydrogen-bond acceptors (Lipinski definition) is 6. The molecule has 136 valence electrons. The number of hydroxylamine groups is 2. The van der Waals surface area contributed by atoms with E-state index in [4.69, 9.17) is 16.3 Å². The molecule has 2 aliphatic rings. The summed E-state index contributed by atoms with van der Waals surface area (Å²) in [7, 11) is 0. The Bertz CT molecular complexity index is 665. The third-order valence-electron chi connectivity index (χ3n) is 5.09. The molecule has 0 amide bonds. The van der Waals surface area contributed by atoms with E-state index in [0.29, 0.717) is 18.4 Å². The average molecular weight is 343 g/mol. The first kappa shape index (κ1) is 17.7. The van der Waals surface area contributed by atoms with Crippen LogP contribution in [0.2, 0.25) is 0 Å². The van der Waals surface area contributed by atoms with Crippen LogP contribution in [0.3, 0.4) is 0 Å². The van der Waals surface area contributed by atoms with Crippen molar-refractivity contribution < 1.29 is 4.84 Å². The van der Waals surface area contributed by atoms with Gasteiger partial charge in [-0.05, 0) is 57.4 Å². The van der Waals surface area contributed by atoms with Gasteiger partial charge in [0.05, 0.1) is 6.61 Å². The second-order valence-electron chi connectivity index (χ2n) is 7.66. The number of rotatable bonds is 4. The molecule has 0 saturated heterocycles. The molecule has 1 aliphatic heterocycles. The van der Waals surface area contributed by atoms with Gasteiger partial charge in [-0.1, -0.05) is 36.2 Å². The largest absolute Gasteiger partial charge is 0.368 e. The number of benzene rings is 1. The molecule has 1 aromatic carbocycles. The molecule has 2 unspecified atom stereocenters. The van der Waals surface area contributed by atoms with Gasteiger partial charge in [0.1, 0.15) is 0 Å². The molecule has 1 fully saturated rings. The zero-order valence-corrected chi connectivity index (χ0v) is 15.4. The van der Waals surface area contributed by atoms with Crippen LogP contribution in [0.1, 0.15) is 56.6 Å². The lowest BCUT2D eigenvalue weighted by molar-refractivity contribution is -0.169. The summed E-state index contributed by atoms with van der Waals surface area (Å²) in [6.45, 7) is 6.58. The Labute approximate surface area is 149 Å². The Kier molecular flexibility index (Phi) is 4.99. The fourth-order valence-electron chi connectivity index (χ4n) is 3.78. The van der Waals surface area contributed by atoms with Crippen molar-refractivity contribution in [3.8, 4) is 0 Å². The molecule has 0 radical (unpaired) electrons. The predicted molar refractivity (Wildman–Crippen MR) is 101 cm³/mol. The van der Waals surface area contributed by atoms with Crippen LogP contribution in [0.25, 0.3) is 0 Å². The molecule has 1 saturated carbocycles. The van der Waals surface area contributed by atoms with Gasteiger partial charge in [0.2, 0.25) is 11.9 Å². The van der Waals surface area contributed by atoms with E-state index in [9.17, 15) is 0 Å². The summed E-state index contributed by atoms with van der Waals surface area (Å²) in [5.41, 5.74) is 13.8. The normalized spacial score (nSPS) is 26.1. The van der Waals surface area contributed by atoms with Crippen LogP contribution in [0.4, 0.5) is 0 Å². The Balaban J connectivity index is 1.60. The van der Waals surface area contributed by atoms with Crippen LogP contribution >= 0.6 is 0 Å². The first-order valence-electron chi connectivity index (χ1n) is 9.04. The summed E-state index contributed by atoms with van der Waals surface area (Å²) >= 11 is 0. The lowest BCUT2D eigenvalue weighted by Crippen LogP contribution is -2.54. The van der Waals surface area contributed by atoms with E-state index < -0.39 is 5.66 Å². The highest BCUT2D eigenvalue weighted by atomic mass is 16.7. The summed E-state index contributed by atoms with van der Waals surface area (Å²) in [6, 6.07) is 8.93. The molecule has 1 aliphatic carbocycles. The van der Waals surface area contributed by atoms with Gasteiger partial charge in [-0.15, -0.1) is 0 Å². The maximum atomic E-state index is 6.02. The SMILES string of the molecule is Cc1ccc(C2CCCC(CON3C(N)=NC(N)=NC3(C)C)C2)cc1. The second-order valence-corrected chi connectivity index (χ2v) is 7.66. The van der Waals surface area contributed by atoms with Gasteiger partial charge in [0, 0.05) is 0 Å². The summed E-state index contributed by atoms with van der Waals surface area (Å²) < 4.78 is 0. The molecule has 0 spiro atoms. The van der Waals surface area contributed by atoms with Gasteiger partial charge in [-0.2, -0.15) is 10.1 Å². The molecule has 1 aromatic rings. The second kappa shape index (κ2) is 7.04. The fraction of sp³-hybridized carbons (Fsp3) is 0.579. The molecule has 3 rings (SSSR count). The van der Waals surface area contributed by atoms with Crippen LogP contribution in [0.15, 0.2) is 34.3 Å². The predicted octanol–water partition coefficient (Wildman–Crippen LogP) is 2.88. The van der Waals surface area contributed by atoms with Crippen molar-refractivity contribution in [2.24, 2.45) is 27.4 Å². The van der Waals surface area contributed by atoms with Gasteiger partial charge < -0.3 is 11.5 Å². The standard InChI is InChI=1S/C19H29N5O/c1-13-7-9-15(10-8-13)16-6-4-5-14(11-16)12-25-24-18(21)22-17(20)23-19(24,2)3/h7-10,14,16H,4-6,11-12H2,1-3H3,(H4,20,21,22,23). The Morgan fingerprint density at radius 3 is 2.60 bits per heavy atom. The summed E-state index contributed by atoms with van der Waals surface area (Å²) in [6.07, 6.45) is 4.79. The highest BCUT2D eigenvalue weighted by molar-refractivity contribution is 5.95. The highest BCUT2D eigenvalue weighted by Gasteiger charge is 2.34. The first-order valence-corrected chi connectivity index (χ1v) is 9.04. The van der Waals surface area contributed by atoms with Gasteiger partial charge in [-0.3, -0.25) is 4.84 Å². The van der Waals surface area contributed by atoms with E-state index in [-0.39, 0.29) is 11.9 Å². The third-order valence-corrected chi connectivity index (χ3v) is 5.09. The Hall–Kier alpha value is -2.08. The molecule has 6 nitrogen and oxygen atoms in total. The molecule has 25 heavy (non-hydrogen) atoms. The van der Waals surface area contributed by atoms with Gasteiger partial charge in [-0.25, -0.2) is 4.99 Å². The maximum Gasteiger partial charge on any atom is 0.226 e. The van der Waals surface area contributed by atoms with E-state index in [0.717, 1.165) is 6.42 Å². The molecule has 0 bridgehead atoms. The quantitative estimate of drug-likeness (QED) is 0.879. The molecule has 4 N–H and O–H groups in total. The Morgan fingerprint density at radius 2 is 1.92 bits per heavy atom. The van der Waals surface area contributed by atoms with Crippen LogP contribution in [0.5, 0.6) is 0 Å². The molecular weight excluding hydrogens is 314 g/mol. The van der Waals surface area contributed by atoms with Crippen molar-refractivity contribution in [2.45, 2.75) is 58.0 Å². The zero-order valence-electron chi connectivity index (χ0n) is 15.4. The highest BCUT2D eigenvalue weighted by Crippen LogP contribution is 2.36. The smallest absolute Gasteiger partial charge is 0.226 e. The molecular formula is C19H29N5O. The minimum atomic E-state index is -0.638. The van der Waals surface area contributed by atoms with Gasteiger partial charge in [0.15, 0.2) is 5.66 Å². The molecule has 0 aromatic heterocycles. The number of aryl methyl sites for hydroxylation is 1. The minimum Gasteiger partial charge on any atom is -0.368 e. The lowest BCUT2D eigenvalue weighted by Gasteiger charge is -2.38. The molecule has 1 heterocycles. The fourth-order valence-corrected chi connectivity index (χ4v) is 3.78. The molecule has 2 atom stereocenters. The third kappa shape index (κ3) is 4.12. The van der Waals surface area contributed by atoms with Crippen LogP contribution in [-0.2, 0) is 4.84 Å². The summed E-state index contributed by atoms with van der Waals surface area (Å²) in [5, 5.41) is 1.58. The van der Waals surface area contributed by atoms with E-state index in [1.807, 2.05) is 13.8 Å². The number of nitrogens with zero attached hydrogens (tertiary/aromatic N) is 3. The summed E-state index contributed by atoms with van der Waals surface area (Å²) in [5.74, 6) is 1.58. The van der Waals surface area contributed by atoms with Crippen molar-refractivity contribution in [3.63, 3.8) is 0 Å². The van der Waals surface area contributed by atoms with Crippen molar-refractivity contribution in [1.82, 2.24) is 5.06 Å². The van der Waals surface area contributed by atoms with E-state index in [1.54, 1.807) is 5.06 Å². The average Bonchev–Trinajstić information content (AvgIpc) is 2.54. The number of aliphatic imine (C=N–C) groups is 2. The van der Waals surface area contributed by atoms with Crippen LogP contribution in [0, 0.1) is 12.8 Å². The monoisotopic (exact) mass is 343 g/mol. The topological polar surface area (TPSA) is 89.2 Å². The number of nitrogens with two attached hydrogens (primary N) is 2. The van der Waals surface area contributed by atoms with E-state index in [1.165, 1.54) is 30.4 Å². The molecule has 6 heteroatoms. The van der Waals surface area contributed by atoms with Crippen molar-refractivity contribution in [2.75, 3.05) is 6.61 Å². The minimum absolute atomic E-state index is 0.194. The zero-order chi connectivity index (χ0) is 18.0. The van der Waals surface area contributed by atoms with Crippen LogP contribution < -0.4 is 11.5 Å². The summed E-state index contributed by atoms with van der Waals surface area (Å²) in [4.78, 5) is 14.3. The van der Waals surface area contributed by atoms with E-state index in [2.05, 4.69) is 41.2 Å². The van der Waals surface area contributed by atoms with E-state index >= 15 is 0 Å². The van der Waals surface area contributed by atoms with Crippen molar-refractivity contribution in [1.29, 1.82) is 0 Å². The van der Waals surface area contributed by atoms with Gasteiger partial charge in [0.25, 0.3) is 0 Å². The first-order chi connectivity index (χ1) is 11.8. The lowest BCUT2D eigenvalue weighted by atomic mass is 9.78. The van der Waals surface area contributed by atoms with Gasteiger partial charge >= 0.3 is 0 Å².